The summed E-state index contributed by atoms with van der Waals surface area (Å²) in [6, 6.07) is 0.747. The molecule has 16 heavy (non-hydrogen) atoms. The number of rotatable bonds is 10. The Hall–Kier alpha value is -0.0400. The molecule has 0 rings (SSSR count). The fourth-order valence-corrected chi connectivity index (χ4v) is 2.85. The van der Waals surface area contributed by atoms with Gasteiger partial charge in [0.05, 0.1) is 0 Å². The molecule has 2 atom stereocenters. The van der Waals surface area contributed by atoms with E-state index in [4.69, 9.17) is 0 Å². The summed E-state index contributed by atoms with van der Waals surface area (Å²) in [5, 5.41) is 3.74. The van der Waals surface area contributed by atoms with E-state index >= 15 is 0 Å². The van der Waals surface area contributed by atoms with Gasteiger partial charge in [-0.3, -0.25) is 0 Å². The van der Waals surface area contributed by atoms with Gasteiger partial charge in [-0.15, -0.1) is 0 Å². The van der Waals surface area contributed by atoms with E-state index in [0.29, 0.717) is 0 Å². The van der Waals surface area contributed by atoms with Gasteiger partial charge in [-0.05, 0) is 24.8 Å². The molecule has 0 bridgehead atoms. The second kappa shape index (κ2) is 10.1. The third-order valence-electron chi connectivity index (χ3n) is 3.96. The highest BCUT2D eigenvalue weighted by Gasteiger charge is 2.24. The van der Waals surface area contributed by atoms with E-state index in [1.165, 1.54) is 38.5 Å². The summed E-state index contributed by atoms with van der Waals surface area (Å²) in [5.74, 6) is 1.74. The summed E-state index contributed by atoms with van der Waals surface area (Å²) in [6.45, 7) is 12.7. The van der Waals surface area contributed by atoms with Crippen LogP contribution in [0.15, 0.2) is 0 Å². The van der Waals surface area contributed by atoms with Crippen molar-refractivity contribution in [1.82, 2.24) is 5.32 Å². The van der Waals surface area contributed by atoms with Crippen LogP contribution in [-0.2, 0) is 0 Å². The van der Waals surface area contributed by atoms with Crippen LogP contribution in [0.3, 0.4) is 0 Å². The number of hydrogen-bond acceptors (Lipinski definition) is 1. The smallest absolute Gasteiger partial charge is 0.0123 e. The van der Waals surface area contributed by atoms with E-state index in [9.17, 15) is 0 Å². The lowest BCUT2D eigenvalue weighted by Crippen LogP contribution is -2.41. The molecule has 1 heteroatoms. The topological polar surface area (TPSA) is 12.0 Å². The number of hydrogen-bond donors (Lipinski definition) is 1. The molecule has 0 aliphatic carbocycles. The molecule has 0 aromatic carbocycles. The van der Waals surface area contributed by atoms with Crippen molar-refractivity contribution in [2.75, 3.05) is 6.54 Å². The van der Waals surface area contributed by atoms with Gasteiger partial charge in [0.15, 0.2) is 0 Å². The number of nitrogens with one attached hydrogen (secondary N) is 1. The Labute approximate surface area is 103 Å². The summed E-state index contributed by atoms with van der Waals surface area (Å²) < 4.78 is 0. The Bertz CT molecular complexity index is 140. The third kappa shape index (κ3) is 5.34. The van der Waals surface area contributed by atoms with Crippen LogP contribution in [0.4, 0.5) is 0 Å². The Morgan fingerprint density at radius 2 is 1.38 bits per heavy atom. The molecule has 0 fully saturated rings. The first kappa shape index (κ1) is 16.0. The van der Waals surface area contributed by atoms with Gasteiger partial charge in [0.1, 0.15) is 0 Å². The lowest BCUT2D eigenvalue weighted by molar-refractivity contribution is 0.227. The van der Waals surface area contributed by atoms with E-state index in [1.807, 2.05) is 0 Å². The molecule has 0 aliphatic heterocycles. The van der Waals surface area contributed by atoms with Gasteiger partial charge in [-0.2, -0.15) is 0 Å². The SMILES string of the molecule is CCCCC(CC)C(NCC)C(CC)CC. The van der Waals surface area contributed by atoms with Crippen molar-refractivity contribution in [1.29, 1.82) is 0 Å². The van der Waals surface area contributed by atoms with Gasteiger partial charge in [0, 0.05) is 6.04 Å². The predicted octanol–water partition coefficient (Wildman–Crippen LogP) is 4.62. The van der Waals surface area contributed by atoms with Gasteiger partial charge in [-0.1, -0.05) is 66.7 Å². The highest BCUT2D eigenvalue weighted by molar-refractivity contribution is 4.81. The van der Waals surface area contributed by atoms with Crippen molar-refractivity contribution in [3.63, 3.8) is 0 Å². The second-order valence-corrected chi connectivity index (χ2v) is 4.97. The molecule has 0 amide bonds. The van der Waals surface area contributed by atoms with E-state index in [0.717, 1.165) is 24.4 Å². The monoisotopic (exact) mass is 227 g/mol. The molecule has 0 aromatic heterocycles. The fourth-order valence-electron chi connectivity index (χ4n) is 2.85. The molecule has 0 radical (unpaired) electrons. The molecule has 0 saturated heterocycles. The van der Waals surface area contributed by atoms with E-state index in [2.05, 4.69) is 39.9 Å². The average molecular weight is 227 g/mol. The van der Waals surface area contributed by atoms with Gasteiger partial charge in [-0.25, -0.2) is 0 Å². The normalized spacial score (nSPS) is 15.4. The zero-order valence-corrected chi connectivity index (χ0v) is 12.2. The minimum Gasteiger partial charge on any atom is -0.314 e. The second-order valence-electron chi connectivity index (χ2n) is 4.97. The number of unbranched alkanes of at least 4 members (excludes halogenated alkanes) is 1. The zero-order valence-electron chi connectivity index (χ0n) is 12.2. The Morgan fingerprint density at radius 1 is 0.812 bits per heavy atom. The van der Waals surface area contributed by atoms with Gasteiger partial charge in [0.2, 0.25) is 0 Å². The Kier molecular flexibility index (Phi) is 10.1. The van der Waals surface area contributed by atoms with Crippen molar-refractivity contribution < 1.29 is 0 Å². The molecule has 0 aromatic rings. The van der Waals surface area contributed by atoms with Gasteiger partial charge < -0.3 is 5.32 Å². The molecule has 1 N–H and O–H groups in total. The molecule has 0 aliphatic rings. The maximum Gasteiger partial charge on any atom is 0.0123 e. The maximum atomic E-state index is 3.74. The van der Waals surface area contributed by atoms with Gasteiger partial charge >= 0.3 is 0 Å². The summed E-state index contributed by atoms with van der Waals surface area (Å²) in [6.07, 6.45) is 8.09. The van der Waals surface area contributed by atoms with Crippen LogP contribution in [0.5, 0.6) is 0 Å². The summed E-state index contributed by atoms with van der Waals surface area (Å²) in [4.78, 5) is 0. The first-order valence-corrected chi connectivity index (χ1v) is 7.48. The summed E-state index contributed by atoms with van der Waals surface area (Å²) in [5.41, 5.74) is 0. The standard InChI is InChI=1S/C15H33N/c1-6-11-12-14(9-4)15(16-10-5)13(7-2)8-3/h13-16H,6-12H2,1-5H3. The molecule has 0 saturated carbocycles. The highest BCUT2D eigenvalue weighted by Crippen LogP contribution is 2.26. The third-order valence-corrected chi connectivity index (χ3v) is 3.96. The summed E-state index contributed by atoms with van der Waals surface area (Å²) >= 11 is 0. The highest BCUT2D eigenvalue weighted by atomic mass is 14.9. The van der Waals surface area contributed by atoms with E-state index < -0.39 is 0 Å². The van der Waals surface area contributed by atoms with Crippen molar-refractivity contribution in [2.24, 2.45) is 11.8 Å². The largest absolute Gasteiger partial charge is 0.314 e. The molecular formula is C15H33N. The zero-order chi connectivity index (χ0) is 12.4. The molecule has 1 nitrogen and oxygen atoms in total. The quantitative estimate of drug-likeness (QED) is 0.574. The van der Waals surface area contributed by atoms with Crippen LogP contribution in [0.25, 0.3) is 0 Å². The average Bonchev–Trinajstić information content (AvgIpc) is 2.31. The molecular weight excluding hydrogens is 194 g/mol. The minimum atomic E-state index is 0.747. The van der Waals surface area contributed by atoms with Crippen molar-refractivity contribution in [2.45, 2.75) is 79.2 Å². The lowest BCUT2D eigenvalue weighted by atomic mass is 9.81. The van der Waals surface area contributed by atoms with Crippen molar-refractivity contribution in [3.8, 4) is 0 Å². The van der Waals surface area contributed by atoms with Crippen LogP contribution in [-0.4, -0.2) is 12.6 Å². The van der Waals surface area contributed by atoms with Crippen molar-refractivity contribution in [3.05, 3.63) is 0 Å². The molecule has 2 unspecified atom stereocenters. The van der Waals surface area contributed by atoms with Crippen LogP contribution in [0.1, 0.15) is 73.1 Å². The van der Waals surface area contributed by atoms with Crippen LogP contribution in [0, 0.1) is 11.8 Å². The van der Waals surface area contributed by atoms with E-state index in [-0.39, 0.29) is 0 Å². The molecule has 98 valence electrons. The maximum absolute atomic E-state index is 3.74. The Morgan fingerprint density at radius 3 is 1.75 bits per heavy atom. The molecule has 0 heterocycles. The fraction of sp³-hybridized carbons (Fsp3) is 1.00. The van der Waals surface area contributed by atoms with E-state index in [1.54, 1.807) is 0 Å². The van der Waals surface area contributed by atoms with Crippen LogP contribution in [0.2, 0.25) is 0 Å². The van der Waals surface area contributed by atoms with Crippen LogP contribution >= 0.6 is 0 Å². The lowest BCUT2D eigenvalue weighted by Gasteiger charge is -2.33. The molecule has 0 spiro atoms. The van der Waals surface area contributed by atoms with Gasteiger partial charge in [0.25, 0.3) is 0 Å². The summed E-state index contributed by atoms with van der Waals surface area (Å²) in [7, 11) is 0. The minimum absolute atomic E-state index is 0.747. The van der Waals surface area contributed by atoms with Crippen molar-refractivity contribution >= 4 is 0 Å². The predicted molar refractivity (Wildman–Crippen MR) is 74.8 cm³/mol. The first-order chi connectivity index (χ1) is 7.74. The first-order valence-electron chi connectivity index (χ1n) is 7.48. The van der Waals surface area contributed by atoms with Crippen LogP contribution < -0.4 is 5.32 Å². The Balaban J connectivity index is 4.42.